The minimum Gasteiger partial charge on any atom is -0.345 e. The predicted molar refractivity (Wildman–Crippen MR) is 94.5 cm³/mol. The number of nitrogens with zero attached hydrogens (tertiary/aromatic N) is 3. The molecule has 0 fully saturated rings. The van der Waals surface area contributed by atoms with Crippen LogP contribution >= 0.6 is 11.3 Å². The van der Waals surface area contributed by atoms with Crippen LogP contribution in [0, 0.1) is 27.7 Å². The average molecular weight is 348 g/mol. The molecule has 0 radical (unpaired) electrons. The smallest absolute Gasteiger partial charge is 0.242 e. The molecule has 0 aliphatic rings. The van der Waals surface area contributed by atoms with Gasteiger partial charge in [0.25, 0.3) is 0 Å². The summed E-state index contributed by atoms with van der Waals surface area (Å²) in [5.41, 5.74) is 2.99. The first kappa shape index (κ1) is 18.3. The van der Waals surface area contributed by atoms with Gasteiger partial charge in [0.2, 0.25) is 5.91 Å². The highest BCUT2D eigenvalue weighted by Crippen LogP contribution is 2.25. The number of ketones is 1. The Hall–Kier alpha value is -2.02. The number of hydrogen-bond donors (Lipinski definition) is 1. The van der Waals surface area contributed by atoms with Crippen LogP contribution in [0.2, 0.25) is 0 Å². The zero-order valence-corrected chi connectivity index (χ0v) is 15.9. The van der Waals surface area contributed by atoms with E-state index >= 15 is 0 Å². The van der Waals surface area contributed by atoms with Crippen LogP contribution in [0.25, 0.3) is 0 Å². The van der Waals surface area contributed by atoms with Gasteiger partial charge >= 0.3 is 0 Å². The second-order valence-electron chi connectivity index (χ2n) is 5.98. The van der Waals surface area contributed by atoms with E-state index < -0.39 is 0 Å². The van der Waals surface area contributed by atoms with E-state index in [0.717, 1.165) is 22.8 Å². The summed E-state index contributed by atoms with van der Waals surface area (Å²) in [6, 6.07) is -0.0980. The third-order valence-electron chi connectivity index (χ3n) is 4.11. The summed E-state index contributed by atoms with van der Waals surface area (Å²) in [6.07, 6.45) is 0.772. The summed E-state index contributed by atoms with van der Waals surface area (Å²) < 4.78 is 1.59. The Kier molecular flexibility index (Phi) is 5.54. The van der Waals surface area contributed by atoms with Gasteiger partial charge in [-0.2, -0.15) is 5.10 Å². The lowest BCUT2D eigenvalue weighted by Crippen LogP contribution is -2.32. The zero-order chi connectivity index (χ0) is 18.0. The summed E-state index contributed by atoms with van der Waals surface area (Å²) in [7, 11) is 0. The molecule has 0 aromatic carbocycles. The van der Waals surface area contributed by atoms with E-state index in [2.05, 4.69) is 15.4 Å². The van der Waals surface area contributed by atoms with Gasteiger partial charge in [-0.25, -0.2) is 4.98 Å². The molecule has 0 bridgehead atoms. The van der Waals surface area contributed by atoms with E-state index in [4.69, 9.17) is 0 Å². The van der Waals surface area contributed by atoms with Crippen molar-refractivity contribution in [1.29, 1.82) is 0 Å². The highest BCUT2D eigenvalue weighted by Gasteiger charge is 2.20. The molecule has 2 aromatic rings. The summed E-state index contributed by atoms with van der Waals surface area (Å²) in [5, 5.41) is 8.27. The fourth-order valence-electron chi connectivity index (χ4n) is 2.72. The number of carbonyl (C=O) groups is 2. The standard InChI is InChI=1S/C17H24N4O2S/c1-7-14(17-18-9(2)13(6)24-17)19-15(23)8-21-11(4)16(12(5)22)10(3)20-21/h14H,7-8H2,1-6H3,(H,19,23)/t14-/m1/s1. The van der Waals surface area contributed by atoms with Crippen LogP contribution in [-0.4, -0.2) is 26.5 Å². The Morgan fingerprint density at radius 2 is 1.88 bits per heavy atom. The summed E-state index contributed by atoms with van der Waals surface area (Å²) in [4.78, 5) is 29.8. The van der Waals surface area contributed by atoms with Gasteiger partial charge in [-0.05, 0) is 41.0 Å². The normalized spacial score (nSPS) is 12.2. The number of rotatable bonds is 6. The van der Waals surface area contributed by atoms with Gasteiger partial charge in [0, 0.05) is 10.6 Å². The Morgan fingerprint density at radius 3 is 2.33 bits per heavy atom. The summed E-state index contributed by atoms with van der Waals surface area (Å²) >= 11 is 1.62. The van der Waals surface area contributed by atoms with Gasteiger partial charge in [0.15, 0.2) is 5.78 Å². The lowest BCUT2D eigenvalue weighted by Gasteiger charge is -2.15. The van der Waals surface area contributed by atoms with Crippen molar-refractivity contribution in [3.05, 3.63) is 32.5 Å². The Labute approximate surface area is 146 Å². The van der Waals surface area contributed by atoms with Crippen LogP contribution in [0.4, 0.5) is 0 Å². The van der Waals surface area contributed by atoms with E-state index in [1.807, 2.05) is 27.7 Å². The molecule has 0 spiro atoms. The molecule has 7 heteroatoms. The number of amides is 1. The SMILES string of the molecule is CC[C@@H](NC(=O)Cn1nc(C)c(C(C)=O)c1C)c1nc(C)c(C)s1. The molecule has 1 N–H and O–H groups in total. The molecule has 0 saturated heterocycles. The minimum absolute atomic E-state index is 0.0307. The minimum atomic E-state index is -0.131. The van der Waals surface area contributed by atoms with Crippen LogP contribution in [0.1, 0.15) is 63.6 Å². The van der Waals surface area contributed by atoms with Crippen molar-refractivity contribution in [2.75, 3.05) is 0 Å². The lowest BCUT2D eigenvalue weighted by molar-refractivity contribution is -0.122. The maximum Gasteiger partial charge on any atom is 0.242 e. The number of aryl methyl sites for hydroxylation is 3. The Morgan fingerprint density at radius 1 is 1.21 bits per heavy atom. The monoisotopic (exact) mass is 348 g/mol. The van der Waals surface area contributed by atoms with Gasteiger partial charge in [-0.3, -0.25) is 14.3 Å². The summed E-state index contributed by atoms with van der Waals surface area (Å²) in [5.74, 6) is -0.162. The van der Waals surface area contributed by atoms with E-state index in [-0.39, 0.29) is 24.3 Å². The first-order valence-electron chi connectivity index (χ1n) is 8.02. The molecule has 1 amide bonds. The molecule has 1 atom stereocenters. The van der Waals surface area contributed by atoms with Crippen LogP contribution in [0.15, 0.2) is 0 Å². The van der Waals surface area contributed by atoms with Crippen molar-refractivity contribution < 1.29 is 9.59 Å². The molecule has 0 aliphatic carbocycles. The van der Waals surface area contributed by atoms with E-state index in [1.165, 1.54) is 11.8 Å². The topological polar surface area (TPSA) is 76.9 Å². The van der Waals surface area contributed by atoms with E-state index in [0.29, 0.717) is 11.3 Å². The number of hydrogen-bond acceptors (Lipinski definition) is 5. The fourth-order valence-corrected chi connectivity index (χ4v) is 3.78. The summed E-state index contributed by atoms with van der Waals surface area (Å²) in [6.45, 7) is 11.2. The molecular formula is C17H24N4O2S. The fraction of sp³-hybridized carbons (Fsp3) is 0.529. The molecule has 2 rings (SSSR count). The van der Waals surface area contributed by atoms with Crippen LogP contribution in [0.5, 0.6) is 0 Å². The number of aromatic nitrogens is 3. The second kappa shape index (κ2) is 7.25. The van der Waals surface area contributed by atoms with Gasteiger partial charge in [-0.15, -0.1) is 11.3 Å². The molecule has 0 aliphatic heterocycles. The molecule has 0 unspecified atom stereocenters. The average Bonchev–Trinajstić information content (AvgIpc) is 2.96. The molecule has 130 valence electrons. The van der Waals surface area contributed by atoms with Gasteiger partial charge in [0.05, 0.1) is 23.0 Å². The molecule has 2 heterocycles. The maximum absolute atomic E-state index is 12.4. The van der Waals surface area contributed by atoms with Gasteiger partial charge in [0.1, 0.15) is 11.6 Å². The van der Waals surface area contributed by atoms with Crippen molar-refractivity contribution >= 4 is 23.0 Å². The van der Waals surface area contributed by atoms with Crippen LogP contribution in [-0.2, 0) is 11.3 Å². The highest BCUT2D eigenvalue weighted by molar-refractivity contribution is 7.11. The maximum atomic E-state index is 12.4. The zero-order valence-electron chi connectivity index (χ0n) is 15.1. The molecule has 2 aromatic heterocycles. The first-order valence-corrected chi connectivity index (χ1v) is 8.84. The number of carbonyl (C=O) groups excluding carboxylic acids is 2. The van der Waals surface area contributed by atoms with Gasteiger partial charge < -0.3 is 5.32 Å². The lowest BCUT2D eigenvalue weighted by atomic mass is 10.1. The number of thiazole rings is 1. The molecular weight excluding hydrogens is 324 g/mol. The van der Waals surface area contributed by atoms with Gasteiger partial charge in [-0.1, -0.05) is 6.92 Å². The largest absolute Gasteiger partial charge is 0.345 e. The molecule has 6 nitrogen and oxygen atoms in total. The van der Waals surface area contributed by atoms with Crippen molar-refractivity contribution in [1.82, 2.24) is 20.1 Å². The van der Waals surface area contributed by atoms with Crippen molar-refractivity contribution in [2.45, 2.75) is 60.5 Å². The second-order valence-corrected chi connectivity index (χ2v) is 7.22. The first-order chi connectivity index (χ1) is 11.2. The van der Waals surface area contributed by atoms with E-state index in [1.54, 1.807) is 22.9 Å². The van der Waals surface area contributed by atoms with Crippen molar-refractivity contribution in [2.24, 2.45) is 0 Å². The third-order valence-corrected chi connectivity index (χ3v) is 5.30. The van der Waals surface area contributed by atoms with E-state index in [9.17, 15) is 9.59 Å². The predicted octanol–water partition coefficient (Wildman–Crippen LogP) is 3.04. The molecule has 0 saturated carbocycles. The van der Waals surface area contributed by atoms with Crippen LogP contribution < -0.4 is 5.32 Å². The Bertz CT molecular complexity index is 756. The highest BCUT2D eigenvalue weighted by atomic mass is 32.1. The molecule has 24 heavy (non-hydrogen) atoms. The quantitative estimate of drug-likeness (QED) is 0.814. The number of Topliss-reactive ketones (excluding diaryl/α,β-unsaturated/α-hetero) is 1. The Balaban J connectivity index is 2.12. The van der Waals surface area contributed by atoms with Crippen molar-refractivity contribution in [3.8, 4) is 0 Å². The van der Waals surface area contributed by atoms with Crippen molar-refractivity contribution in [3.63, 3.8) is 0 Å². The van der Waals surface area contributed by atoms with Crippen LogP contribution in [0.3, 0.4) is 0 Å². The number of nitrogens with one attached hydrogen (secondary N) is 1. The third kappa shape index (κ3) is 3.72.